The molecule has 4 nitrogen and oxygen atoms in total. The largest absolute Gasteiger partial charge is 0.472 e. The van der Waals surface area contributed by atoms with E-state index in [2.05, 4.69) is 19.2 Å². The highest BCUT2D eigenvalue weighted by Gasteiger charge is 2.16. The SMILES string of the molecule is CCCC(CCC)C(=O)NCCC(O)c1ccoc1. The van der Waals surface area contributed by atoms with Crippen LogP contribution in [0, 0.1) is 5.92 Å². The number of nitrogens with one attached hydrogen (secondary N) is 1. The van der Waals surface area contributed by atoms with Crippen LogP contribution in [0.5, 0.6) is 0 Å². The minimum atomic E-state index is -0.574. The van der Waals surface area contributed by atoms with Crippen LogP contribution in [-0.2, 0) is 4.79 Å². The fourth-order valence-electron chi connectivity index (χ4n) is 2.21. The highest BCUT2D eigenvalue weighted by Crippen LogP contribution is 2.17. The zero-order chi connectivity index (χ0) is 14.1. The molecule has 1 heterocycles. The molecule has 19 heavy (non-hydrogen) atoms. The molecule has 2 N–H and O–H groups in total. The third kappa shape index (κ3) is 5.47. The lowest BCUT2D eigenvalue weighted by atomic mass is 9.97. The van der Waals surface area contributed by atoms with Crippen LogP contribution in [0.4, 0.5) is 0 Å². The van der Waals surface area contributed by atoms with Crippen molar-refractivity contribution in [2.24, 2.45) is 5.92 Å². The van der Waals surface area contributed by atoms with Gasteiger partial charge >= 0.3 is 0 Å². The average molecular weight is 267 g/mol. The summed E-state index contributed by atoms with van der Waals surface area (Å²) >= 11 is 0. The second kappa shape index (κ2) is 8.75. The molecule has 1 aromatic heterocycles. The second-order valence-corrected chi connectivity index (χ2v) is 4.93. The third-order valence-electron chi connectivity index (χ3n) is 3.29. The summed E-state index contributed by atoms with van der Waals surface area (Å²) in [4.78, 5) is 12.0. The van der Waals surface area contributed by atoms with Crippen LogP contribution in [0.1, 0.15) is 57.6 Å². The highest BCUT2D eigenvalue weighted by atomic mass is 16.3. The number of hydrogen-bond donors (Lipinski definition) is 2. The van der Waals surface area contributed by atoms with Crippen molar-refractivity contribution in [2.75, 3.05) is 6.54 Å². The molecular formula is C15H25NO3. The van der Waals surface area contributed by atoms with Crippen molar-refractivity contribution >= 4 is 5.91 Å². The van der Waals surface area contributed by atoms with Gasteiger partial charge in [-0.2, -0.15) is 0 Å². The molecule has 1 amide bonds. The van der Waals surface area contributed by atoms with E-state index in [9.17, 15) is 9.90 Å². The maximum Gasteiger partial charge on any atom is 0.223 e. The van der Waals surface area contributed by atoms with Crippen LogP contribution in [-0.4, -0.2) is 17.6 Å². The predicted octanol–water partition coefficient (Wildman–Crippen LogP) is 3.04. The molecule has 108 valence electrons. The number of rotatable bonds is 9. The Hall–Kier alpha value is -1.29. The van der Waals surface area contributed by atoms with Crippen LogP contribution < -0.4 is 5.32 Å². The van der Waals surface area contributed by atoms with Gasteiger partial charge in [0.25, 0.3) is 0 Å². The smallest absolute Gasteiger partial charge is 0.223 e. The molecule has 1 aromatic rings. The highest BCUT2D eigenvalue weighted by molar-refractivity contribution is 5.78. The molecular weight excluding hydrogens is 242 g/mol. The predicted molar refractivity (Wildman–Crippen MR) is 74.6 cm³/mol. The molecule has 0 aromatic carbocycles. The number of amides is 1. The van der Waals surface area contributed by atoms with E-state index in [-0.39, 0.29) is 11.8 Å². The second-order valence-electron chi connectivity index (χ2n) is 4.93. The first kappa shape index (κ1) is 15.8. The van der Waals surface area contributed by atoms with Crippen molar-refractivity contribution in [2.45, 2.75) is 52.1 Å². The maximum atomic E-state index is 12.0. The fourth-order valence-corrected chi connectivity index (χ4v) is 2.21. The quantitative estimate of drug-likeness (QED) is 0.723. The summed E-state index contributed by atoms with van der Waals surface area (Å²) in [6, 6.07) is 1.74. The van der Waals surface area contributed by atoms with Gasteiger partial charge in [-0.25, -0.2) is 0 Å². The molecule has 1 unspecified atom stereocenters. The van der Waals surface area contributed by atoms with Gasteiger partial charge < -0.3 is 14.8 Å². The van der Waals surface area contributed by atoms with E-state index >= 15 is 0 Å². The molecule has 0 saturated carbocycles. The Morgan fingerprint density at radius 3 is 2.53 bits per heavy atom. The fraction of sp³-hybridized carbons (Fsp3) is 0.667. The lowest BCUT2D eigenvalue weighted by molar-refractivity contribution is -0.125. The molecule has 1 rings (SSSR count). The molecule has 0 saturated heterocycles. The van der Waals surface area contributed by atoms with Gasteiger partial charge in [0.2, 0.25) is 5.91 Å². The normalized spacial score (nSPS) is 12.6. The van der Waals surface area contributed by atoms with E-state index < -0.39 is 6.10 Å². The van der Waals surface area contributed by atoms with E-state index in [0.29, 0.717) is 13.0 Å². The van der Waals surface area contributed by atoms with Gasteiger partial charge in [-0.15, -0.1) is 0 Å². The first-order valence-corrected chi connectivity index (χ1v) is 7.16. The number of aliphatic hydroxyl groups excluding tert-OH is 1. The Balaban J connectivity index is 2.29. The maximum absolute atomic E-state index is 12.0. The van der Waals surface area contributed by atoms with Crippen molar-refractivity contribution in [1.29, 1.82) is 0 Å². The molecule has 1 atom stereocenters. The Morgan fingerprint density at radius 1 is 1.32 bits per heavy atom. The van der Waals surface area contributed by atoms with Crippen molar-refractivity contribution in [1.82, 2.24) is 5.32 Å². The Kier molecular flexibility index (Phi) is 7.26. The minimum Gasteiger partial charge on any atom is -0.472 e. The standard InChI is InChI=1S/C15H25NO3/c1-3-5-12(6-4-2)15(18)16-9-7-14(17)13-8-10-19-11-13/h8,10-12,14,17H,3-7,9H2,1-2H3,(H,16,18). The van der Waals surface area contributed by atoms with Gasteiger partial charge in [0, 0.05) is 18.0 Å². The van der Waals surface area contributed by atoms with Gasteiger partial charge in [-0.05, 0) is 25.3 Å². The summed E-state index contributed by atoms with van der Waals surface area (Å²) in [5, 5.41) is 12.8. The Bertz CT molecular complexity index is 342. The third-order valence-corrected chi connectivity index (χ3v) is 3.29. The summed E-state index contributed by atoms with van der Waals surface area (Å²) in [6.45, 7) is 4.69. The van der Waals surface area contributed by atoms with Gasteiger partial charge in [0.1, 0.15) is 0 Å². The molecule has 0 aliphatic heterocycles. The van der Waals surface area contributed by atoms with Crippen LogP contribution in [0.15, 0.2) is 23.0 Å². The van der Waals surface area contributed by atoms with E-state index in [0.717, 1.165) is 31.2 Å². The number of furan rings is 1. The lowest BCUT2D eigenvalue weighted by Crippen LogP contribution is -2.32. The molecule has 0 bridgehead atoms. The lowest BCUT2D eigenvalue weighted by Gasteiger charge is -2.16. The average Bonchev–Trinajstić information content (AvgIpc) is 2.92. The first-order chi connectivity index (χ1) is 9.19. The topological polar surface area (TPSA) is 62.5 Å². The Morgan fingerprint density at radius 2 is 2.00 bits per heavy atom. The summed E-state index contributed by atoms with van der Waals surface area (Å²) in [7, 11) is 0. The number of carbonyl (C=O) groups is 1. The summed E-state index contributed by atoms with van der Waals surface area (Å²) in [5.74, 6) is 0.226. The van der Waals surface area contributed by atoms with Crippen LogP contribution in [0.25, 0.3) is 0 Å². The summed E-state index contributed by atoms with van der Waals surface area (Å²) < 4.78 is 4.92. The number of aliphatic hydroxyl groups is 1. The molecule has 0 radical (unpaired) electrons. The number of hydrogen-bond acceptors (Lipinski definition) is 3. The van der Waals surface area contributed by atoms with Crippen molar-refractivity contribution in [3.63, 3.8) is 0 Å². The summed E-state index contributed by atoms with van der Waals surface area (Å²) in [5.41, 5.74) is 0.757. The summed E-state index contributed by atoms with van der Waals surface area (Å²) in [6.07, 6.45) is 6.92. The van der Waals surface area contributed by atoms with E-state index in [1.165, 1.54) is 12.5 Å². The van der Waals surface area contributed by atoms with Gasteiger partial charge in [0.15, 0.2) is 0 Å². The van der Waals surface area contributed by atoms with Crippen molar-refractivity contribution in [3.8, 4) is 0 Å². The first-order valence-electron chi connectivity index (χ1n) is 7.16. The molecule has 0 aliphatic carbocycles. The minimum absolute atomic E-state index is 0.112. The van der Waals surface area contributed by atoms with Crippen LogP contribution in [0.2, 0.25) is 0 Å². The zero-order valence-corrected chi connectivity index (χ0v) is 11.9. The monoisotopic (exact) mass is 267 g/mol. The van der Waals surface area contributed by atoms with Gasteiger partial charge in [-0.3, -0.25) is 4.79 Å². The molecule has 0 aliphatic rings. The van der Waals surface area contributed by atoms with Crippen LogP contribution >= 0.6 is 0 Å². The molecule has 0 fully saturated rings. The van der Waals surface area contributed by atoms with Gasteiger partial charge in [-0.1, -0.05) is 26.7 Å². The van der Waals surface area contributed by atoms with Crippen molar-refractivity contribution in [3.05, 3.63) is 24.2 Å². The molecule has 4 heteroatoms. The van der Waals surface area contributed by atoms with Crippen LogP contribution in [0.3, 0.4) is 0 Å². The van der Waals surface area contributed by atoms with E-state index in [1.807, 2.05) is 0 Å². The Labute approximate surface area is 115 Å². The van der Waals surface area contributed by atoms with E-state index in [1.54, 1.807) is 6.07 Å². The molecule has 0 spiro atoms. The van der Waals surface area contributed by atoms with E-state index in [4.69, 9.17) is 4.42 Å². The zero-order valence-electron chi connectivity index (χ0n) is 11.9. The number of carbonyl (C=O) groups excluding carboxylic acids is 1. The van der Waals surface area contributed by atoms with Gasteiger partial charge in [0.05, 0.1) is 18.6 Å². The van der Waals surface area contributed by atoms with Crippen molar-refractivity contribution < 1.29 is 14.3 Å².